The van der Waals surface area contributed by atoms with Crippen LogP contribution in [0.1, 0.15) is 5.69 Å². The van der Waals surface area contributed by atoms with Gasteiger partial charge in [0.25, 0.3) is 5.56 Å². The Morgan fingerprint density at radius 2 is 1.76 bits per heavy atom. The zero-order valence-corrected chi connectivity index (χ0v) is 14.2. The Labute approximate surface area is 143 Å². The van der Waals surface area contributed by atoms with E-state index in [9.17, 15) is 22.0 Å². The molecule has 2 aromatic rings. The van der Waals surface area contributed by atoms with Crippen molar-refractivity contribution in [1.82, 2.24) is 14.3 Å². The molecule has 0 amide bonds. The number of benzene rings is 1. The SMILES string of the molecule is Cc1nc(N2CCN(S(=O)(=O)c3ccccc3F)CC2)[nH]c(=O)c1F. The molecule has 1 aromatic heterocycles. The molecular formula is C15H16F2N4O3S. The summed E-state index contributed by atoms with van der Waals surface area (Å²) in [4.78, 5) is 19.1. The number of sulfonamides is 1. The second-order valence-electron chi connectivity index (χ2n) is 5.61. The molecular weight excluding hydrogens is 354 g/mol. The number of aryl methyl sites for hydroxylation is 1. The summed E-state index contributed by atoms with van der Waals surface area (Å²) >= 11 is 0. The van der Waals surface area contributed by atoms with E-state index in [1.165, 1.54) is 29.4 Å². The number of aromatic amines is 1. The molecule has 10 heteroatoms. The van der Waals surface area contributed by atoms with Crippen LogP contribution in [0.4, 0.5) is 14.7 Å². The molecule has 0 saturated carbocycles. The maximum Gasteiger partial charge on any atom is 0.288 e. The third-order valence-electron chi connectivity index (χ3n) is 4.01. The fourth-order valence-electron chi connectivity index (χ4n) is 2.64. The molecule has 1 aliphatic rings. The van der Waals surface area contributed by atoms with Gasteiger partial charge in [0.15, 0.2) is 0 Å². The first-order valence-electron chi connectivity index (χ1n) is 7.57. The summed E-state index contributed by atoms with van der Waals surface area (Å²) in [5, 5.41) is 0. The maximum absolute atomic E-state index is 13.8. The van der Waals surface area contributed by atoms with Crippen molar-refractivity contribution in [2.45, 2.75) is 11.8 Å². The van der Waals surface area contributed by atoms with E-state index in [0.29, 0.717) is 0 Å². The summed E-state index contributed by atoms with van der Waals surface area (Å²) in [6.07, 6.45) is 0. The summed E-state index contributed by atoms with van der Waals surface area (Å²) in [5.74, 6) is -1.55. The van der Waals surface area contributed by atoms with E-state index in [0.717, 1.165) is 6.07 Å². The van der Waals surface area contributed by atoms with Gasteiger partial charge in [0.05, 0.1) is 5.69 Å². The Bertz CT molecular complexity index is 953. The van der Waals surface area contributed by atoms with Gasteiger partial charge in [0.2, 0.25) is 21.8 Å². The molecule has 134 valence electrons. The molecule has 25 heavy (non-hydrogen) atoms. The zero-order chi connectivity index (χ0) is 18.2. The number of nitrogens with zero attached hydrogens (tertiary/aromatic N) is 3. The van der Waals surface area contributed by atoms with Crippen LogP contribution in [0, 0.1) is 18.6 Å². The molecule has 0 radical (unpaired) electrons. The highest BCUT2D eigenvalue weighted by Gasteiger charge is 2.31. The monoisotopic (exact) mass is 370 g/mol. The largest absolute Gasteiger partial charge is 0.340 e. The van der Waals surface area contributed by atoms with Crippen LogP contribution in [0.2, 0.25) is 0 Å². The highest BCUT2D eigenvalue weighted by Crippen LogP contribution is 2.21. The van der Waals surface area contributed by atoms with E-state index in [4.69, 9.17) is 0 Å². The second-order valence-corrected chi connectivity index (χ2v) is 7.52. The number of halogens is 2. The van der Waals surface area contributed by atoms with Crippen molar-refractivity contribution in [1.29, 1.82) is 0 Å². The minimum Gasteiger partial charge on any atom is -0.340 e. The van der Waals surface area contributed by atoms with Gasteiger partial charge in [-0.25, -0.2) is 17.8 Å². The van der Waals surface area contributed by atoms with Crippen LogP contribution in [0.25, 0.3) is 0 Å². The number of H-pyrrole nitrogens is 1. The van der Waals surface area contributed by atoms with Crippen molar-refractivity contribution in [3.63, 3.8) is 0 Å². The maximum atomic E-state index is 13.8. The average Bonchev–Trinajstić information content (AvgIpc) is 2.59. The first-order valence-corrected chi connectivity index (χ1v) is 9.01. The van der Waals surface area contributed by atoms with Crippen LogP contribution >= 0.6 is 0 Å². The van der Waals surface area contributed by atoms with Gasteiger partial charge in [-0.15, -0.1) is 0 Å². The number of aromatic nitrogens is 2. The number of hydrogen-bond acceptors (Lipinski definition) is 5. The van der Waals surface area contributed by atoms with Crippen molar-refractivity contribution in [3.8, 4) is 0 Å². The predicted octanol–water partition coefficient (Wildman–Crippen LogP) is 0.867. The van der Waals surface area contributed by atoms with Gasteiger partial charge in [-0.2, -0.15) is 8.70 Å². The Kier molecular flexibility index (Phi) is 4.56. The molecule has 1 aromatic carbocycles. The quantitative estimate of drug-likeness (QED) is 0.866. The number of rotatable bonds is 3. The van der Waals surface area contributed by atoms with Crippen LogP contribution in [0.15, 0.2) is 34.0 Å². The summed E-state index contributed by atoms with van der Waals surface area (Å²) in [6.45, 7) is 2.05. The Hall–Kier alpha value is -2.33. The number of anilines is 1. The van der Waals surface area contributed by atoms with Gasteiger partial charge >= 0.3 is 0 Å². The van der Waals surface area contributed by atoms with Crippen molar-refractivity contribution >= 4 is 16.0 Å². The minimum atomic E-state index is -3.94. The lowest BCUT2D eigenvalue weighted by molar-refractivity contribution is 0.379. The van der Waals surface area contributed by atoms with Crippen molar-refractivity contribution in [2.75, 3.05) is 31.1 Å². The molecule has 0 aliphatic carbocycles. The normalized spacial score (nSPS) is 16.2. The van der Waals surface area contributed by atoms with Gasteiger partial charge < -0.3 is 4.90 Å². The fourth-order valence-corrected chi connectivity index (χ4v) is 4.13. The zero-order valence-electron chi connectivity index (χ0n) is 13.4. The lowest BCUT2D eigenvalue weighted by Crippen LogP contribution is -2.49. The summed E-state index contributed by atoms with van der Waals surface area (Å²) < 4.78 is 53.5. The Balaban J connectivity index is 1.78. The molecule has 1 fully saturated rings. The smallest absolute Gasteiger partial charge is 0.288 e. The Morgan fingerprint density at radius 1 is 1.12 bits per heavy atom. The van der Waals surface area contributed by atoms with Crippen molar-refractivity contribution in [2.24, 2.45) is 0 Å². The van der Waals surface area contributed by atoms with Crippen molar-refractivity contribution in [3.05, 3.63) is 51.9 Å². The molecule has 3 rings (SSSR count). The van der Waals surface area contributed by atoms with E-state index < -0.39 is 27.2 Å². The van der Waals surface area contributed by atoms with E-state index in [-0.39, 0.29) is 42.7 Å². The van der Waals surface area contributed by atoms with Gasteiger partial charge in [-0.1, -0.05) is 12.1 Å². The predicted molar refractivity (Wildman–Crippen MR) is 86.9 cm³/mol. The first-order chi connectivity index (χ1) is 11.8. The molecule has 2 heterocycles. The minimum absolute atomic E-state index is 0.0276. The van der Waals surface area contributed by atoms with Crippen LogP contribution in [0.3, 0.4) is 0 Å². The summed E-state index contributed by atoms with van der Waals surface area (Å²) in [6, 6.07) is 5.20. The first kappa shape index (κ1) is 17.5. The summed E-state index contributed by atoms with van der Waals surface area (Å²) in [7, 11) is -3.94. The van der Waals surface area contributed by atoms with Crippen LogP contribution in [-0.2, 0) is 10.0 Å². The van der Waals surface area contributed by atoms with Crippen LogP contribution in [0.5, 0.6) is 0 Å². The van der Waals surface area contributed by atoms with Gasteiger partial charge in [-0.3, -0.25) is 9.78 Å². The van der Waals surface area contributed by atoms with Crippen molar-refractivity contribution < 1.29 is 17.2 Å². The van der Waals surface area contributed by atoms with Gasteiger partial charge in [0.1, 0.15) is 10.7 Å². The summed E-state index contributed by atoms with van der Waals surface area (Å²) in [5.41, 5.74) is -0.899. The third kappa shape index (κ3) is 3.27. The Morgan fingerprint density at radius 3 is 2.36 bits per heavy atom. The molecule has 0 atom stereocenters. The van der Waals surface area contributed by atoms with Gasteiger partial charge in [-0.05, 0) is 19.1 Å². The highest BCUT2D eigenvalue weighted by atomic mass is 32.2. The molecule has 0 spiro atoms. The second kappa shape index (κ2) is 6.52. The van der Waals surface area contributed by atoms with Crippen LogP contribution < -0.4 is 10.5 Å². The molecule has 1 saturated heterocycles. The lowest BCUT2D eigenvalue weighted by Gasteiger charge is -2.34. The molecule has 1 aliphatic heterocycles. The molecule has 7 nitrogen and oxygen atoms in total. The topological polar surface area (TPSA) is 86.4 Å². The number of piperazine rings is 1. The number of hydrogen-bond donors (Lipinski definition) is 1. The molecule has 1 N–H and O–H groups in total. The fraction of sp³-hybridized carbons (Fsp3) is 0.333. The standard InChI is InChI=1S/C15H16F2N4O3S/c1-10-13(17)14(22)19-15(18-10)20-6-8-21(9-7-20)25(23,24)12-5-3-2-4-11(12)16/h2-5H,6-9H2,1H3,(H,18,19,22). The van der Waals surface area contributed by atoms with E-state index in [2.05, 4.69) is 9.97 Å². The van der Waals surface area contributed by atoms with E-state index in [1.54, 1.807) is 4.90 Å². The molecule has 0 bridgehead atoms. The van der Waals surface area contributed by atoms with E-state index in [1.807, 2.05) is 0 Å². The van der Waals surface area contributed by atoms with Gasteiger partial charge in [0, 0.05) is 26.2 Å². The molecule has 0 unspecified atom stereocenters. The highest BCUT2D eigenvalue weighted by molar-refractivity contribution is 7.89. The van der Waals surface area contributed by atoms with E-state index >= 15 is 0 Å². The van der Waals surface area contributed by atoms with Crippen LogP contribution in [-0.4, -0.2) is 48.9 Å². The third-order valence-corrected chi connectivity index (χ3v) is 5.94. The lowest BCUT2D eigenvalue weighted by atomic mass is 10.3. The average molecular weight is 370 g/mol. The number of nitrogens with one attached hydrogen (secondary N) is 1.